The van der Waals surface area contributed by atoms with E-state index < -0.39 is 0 Å². The molecule has 0 aromatic heterocycles. The van der Waals surface area contributed by atoms with E-state index in [-0.39, 0.29) is 10.8 Å². The number of hydrogen-bond acceptors (Lipinski definition) is 2. The van der Waals surface area contributed by atoms with Gasteiger partial charge < -0.3 is 10.2 Å². The average Bonchev–Trinajstić information content (AvgIpc) is 3.21. The van der Waals surface area contributed by atoms with Gasteiger partial charge in [-0.05, 0) is 72.6 Å². The summed E-state index contributed by atoms with van der Waals surface area (Å²) >= 11 is 0. The summed E-state index contributed by atoms with van der Waals surface area (Å²) in [6, 6.07) is 17.0. The molecule has 2 nitrogen and oxygen atoms in total. The highest BCUT2D eigenvalue weighted by Crippen LogP contribution is 2.75. The van der Waals surface area contributed by atoms with E-state index in [0.29, 0.717) is 35.2 Å². The molecule has 2 heteroatoms. The number of rotatable bonds is 1. The molecule has 0 radical (unpaired) electrons. The number of phenols is 1. The van der Waals surface area contributed by atoms with Gasteiger partial charge >= 0.3 is 0 Å². The summed E-state index contributed by atoms with van der Waals surface area (Å²) in [7, 11) is 0. The van der Waals surface area contributed by atoms with Crippen LogP contribution < -0.4 is 0 Å². The van der Waals surface area contributed by atoms with Crippen LogP contribution in [-0.2, 0) is 11.8 Å². The van der Waals surface area contributed by atoms with Crippen molar-refractivity contribution in [2.45, 2.75) is 43.9 Å². The summed E-state index contributed by atoms with van der Waals surface area (Å²) in [5, 5.41) is 22.3. The molecule has 0 bridgehead atoms. The lowest BCUT2D eigenvalue weighted by atomic mass is 9.48. The van der Waals surface area contributed by atoms with E-state index in [9.17, 15) is 10.2 Å². The Morgan fingerprint density at radius 1 is 0.897 bits per heavy atom. The molecule has 4 aliphatic carbocycles. The van der Waals surface area contributed by atoms with E-state index >= 15 is 0 Å². The number of hydrogen-bond donors (Lipinski definition) is 2. The van der Waals surface area contributed by atoms with Crippen LogP contribution in [0.4, 0.5) is 0 Å². The minimum absolute atomic E-state index is 0.186. The third-order valence-corrected chi connectivity index (χ3v) is 8.97. The zero-order chi connectivity index (χ0) is 19.8. The van der Waals surface area contributed by atoms with Crippen LogP contribution in [0.1, 0.15) is 48.8 Å². The van der Waals surface area contributed by atoms with E-state index in [1.165, 1.54) is 11.1 Å². The zero-order valence-corrected chi connectivity index (χ0v) is 16.9. The molecule has 0 amide bonds. The molecule has 6 rings (SSSR count). The summed E-state index contributed by atoms with van der Waals surface area (Å²) in [5.41, 5.74) is 3.34. The van der Waals surface area contributed by atoms with Gasteiger partial charge in [0.25, 0.3) is 0 Å². The Hall–Kier alpha value is -2.48. The first kappa shape index (κ1) is 17.4. The lowest BCUT2D eigenvalue weighted by Gasteiger charge is -2.54. The molecule has 2 fully saturated rings. The second-order valence-electron chi connectivity index (χ2n) is 9.84. The number of allylic oxidation sites excluding steroid dienone is 4. The quantitative estimate of drug-likeness (QED) is 0.630. The van der Waals surface area contributed by atoms with Crippen LogP contribution in [0.25, 0.3) is 0 Å². The molecule has 0 saturated heterocycles. The smallest absolute Gasteiger partial charge is 0.119 e. The molecule has 6 atom stereocenters. The number of benzene rings is 2. The topological polar surface area (TPSA) is 40.5 Å². The summed E-state index contributed by atoms with van der Waals surface area (Å²) in [6.45, 7) is 2.27. The van der Waals surface area contributed by atoms with Gasteiger partial charge in [-0.1, -0.05) is 61.5 Å². The van der Waals surface area contributed by atoms with Crippen LogP contribution >= 0.6 is 0 Å². The van der Waals surface area contributed by atoms with Crippen LogP contribution in [0.3, 0.4) is 0 Å². The monoisotopic (exact) mass is 384 g/mol. The maximum Gasteiger partial charge on any atom is 0.119 e. The van der Waals surface area contributed by atoms with Crippen LogP contribution in [-0.4, -0.2) is 10.2 Å². The van der Waals surface area contributed by atoms with Gasteiger partial charge in [0.05, 0.1) is 5.76 Å². The van der Waals surface area contributed by atoms with Crippen molar-refractivity contribution < 1.29 is 10.2 Å². The fourth-order valence-electron chi connectivity index (χ4n) is 8.00. The molecular weight excluding hydrogens is 356 g/mol. The maximum absolute atomic E-state index is 11.2. The highest BCUT2D eigenvalue weighted by molar-refractivity contribution is 5.56. The van der Waals surface area contributed by atoms with Crippen molar-refractivity contribution in [3.8, 4) is 5.75 Å². The Morgan fingerprint density at radius 3 is 2.52 bits per heavy atom. The second-order valence-corrected chi connectivity index (χ2v) is 9.84. The third kappa shape index (κ3) is 1.98. The molecule has 2 N–H and O–H groups in total. The molecule has 3 unspecified atom stereocenters. The minimum Gasteiger partial charge on any atom is -0.512 e. The zero-order valence-electron chi connectivity index (χ0n) is 16.9. The molecule has 4 aliphatic rings. The first-order chi connectivity index (χ1) is 14.1. The van der Waals surface area contributed by atoms with Crippen molar-refractivity contribution in [2.24, 2.45) is 23.2 Å². The maximum atomic E-state index is 11.2. The molecular formula is C27H28O2. The van der Waals surface area contributed by atoms with Crippen LogP contribution in [0, 0.1) is 23.2 Å². The summed E-state index contributed by atoms with van der Waals surface area (Å²) in [6.07, 6.45) is 10.6. The Bertz CT molecular complexity index is 1040. The van der Waals surface area contributed by atoms with E-state index in [0.717, 1.165) is 31.2 Å². The van der Waals surface area contributed by atoms with Gasteiger partial charge in [0.1, 0.15) is 5.75 Å². The van der Waals surface area contributed by atoms with E-state index in [2.05, 4.69) is 49.4 Å². The average molecular weight is 385 g/mol. The second kappa shape index (κ2) is 5.78. The highest BCUT2D eigenvalue weighted by Gasteiger charge is 2.71. The fraction of sp³-hybridized carbons (Fsp3) is 0.407. The standard InChI is InChI=1S/C27H28O2/c1-26-20(10-6-12-24(26)29)16-22-15-19(17-7-3-2-4-8-17)14-21-13-18-9-5-11-23(28)25(18)27(21,22)26/h2-12,19-22,28-29H,13-16H2,1H3/t19?,20?,21-,22+,26?,27+/m0/s1. The van der Waals surface area contributed by atoms with E-state index in [1.807, 2.05) is 24.3 Å². The molecule has 2 aromatic carbocycles. The first-order valence-electron chi connectivity index (χ1n) is 11.0. The van der Waals surface area contributed by atoms with Crippen LogP contribution in [0.2, 0.25) is 0 Å². The molecule has 1 spiro atoms. The normalized spacial score (nSPS) is 39.3. The fourth-order valence-corrected chi connectivity index (χ4v) is 8.00. The Morgan fingerprint density at radius 2 is 1.69 bits per heavy atom. The summed E-state index contributed by atoms with van der Waals surface area (Å²) in [5.74, 6) is 2.69. The van der Waals surface area contributed by atoms with Crippen molar-refractivity contribution in [3.63, 3.8) is 0 Å². The Kier molecular flexibility index (Phi) is 3.47. The molecule has 29 heavy (non-hydrogen) atoms. The predicted molar refractivity (Wildman–Crippen MR) is 115 cm³/mol. The number of aliphatic hydroxyl groups excluding tert-OH is 1. The number of fused-ring (bicyclic) bond motifs is 2. The molecule has 0 heterocycles. The summed E-state index contributed by atoms with van der Waals surface area (Å²) in [4.78, 5) is 0. The lowest BCUT2D eigenvalue weighted by Crippen LogP contribution is -2.53. The van der Waals surface area contributed by atoms with Gasteiger partial charge in [0.15, 0.2) is 0 Å². The Labute approximate surface area is 172 Å². The minimum atomic E-state index is -0.344. The van der Waals surface area contributed by atoms with E-state index in [1.54, 1.807) is 0 Å². The van der Waals surface area contributed by atoms with Crippen molar-refractivity contribution in [3.05, 3.63) is 89.2 Å². The van der Waals surface area contributed by atoms with Gasteiger partial charge in [-0.25, -0.2) is 0 Å². The predicted octanol–water partition coefficient (Wildman–Crippen LogP) is 6.03. The highest BCUT2D eigenvalue weighted by atomic mass is 16.3. The van der Waals surface area contributed by atoms with Crippen molar-refractivity contribution in [2.75, 3.05) is 0 Å². The first-order valence-corrected chi connectivity index (χ1v) is 11.0. The van der Waals surface area contributed by atoms with Crippen LogP contribution in [0.5, 0.6) is 5.75 Å². The van der Waals surface area contributed by atoms with Crippen molar-refractivity contribution in [1.82, 2.24) is 0 Å². The molecule has 0 aliphatic heterocycles. The largest absolute Gasteiger partial charge is 0.512 e. The summed E-state index contributed by atoms with van der Waals surface area (Å²) < 4.78 is 0. The van der Waals surface area contributed by atoms with Gasteiger partial charge in [-0.15, -0.1) is 0 Å². The third-order valence-electron chi connectivity index (χ3n) is 8.97. The van der Waals surface area contributed by atoms with Gasteiger partial charge in [-0.2, -0.15) is 0 Å². The van der Waals surface area contributed by atoms with E-state index in [4.69, 9.17) is 0 Å². The SMILES string of the molecule is CC12C(O)=CC=CC1C[C@H]1CC(c3ccccc3)C[C@@H]3Cc4cccc(O)c4[C@]132. The van der Waals surface area contributed by atoms with Crippen LogP contribution in [0.15, 0.2) is 72.5 Å². The number of aromatic hydroxyl groups is 1. The molecule has 2 aromatic rings. The number of phenolic OH excluding ortho intramolecular Hbond substituents is 1. The number of aliphatic hydroxyl groups is 1. The van der Waals surface area contributed by atoms with Crippen molar-refractivity contribution >= 4 is 0 Å². The van der Waals surface area contributed by atoms with Crippen molar-refractivity contribution in [1.29, 1.82) is 0 Å². The Balaban J connectivity index is 1.57. The van der Waals surface area contributed by atoms with Gasteiger partial charge in [-0.3, -0.25) is 0 Å². The van der Waals surface area contributed by atoms with Gasteiger partial charge in [0.2, 0.25) is 0 Å². The molecule has 148 valence electrons. The van der Waals surface area contributed by atoms with Gasteiger partial charge in [0, 0.05) is 16.4 Å². The molecule has 2 saturated carbocycles. The lowest BCUT2D eigenvalue weighted by molar-refractivity contribution is 0.0214.